The number of carbonyl (C=O) groups excluding carboxylic acids is 2. The third kappa shape index (κ3) is 4.46. The second-order valence-corrected chi connectivity index (χ2v) is 10.3. The minimum absolute atomic E-state index is 0.0255. The van der Waals surface area contributed by atoms with Crippen molar-refractivity contribution < 1.29 is 23.8 Å². The largest absolute Gasteiger partial charge is 0.493 e. The number of rotatable bonds is 4. The topological polar surface area (TPSA) is 80.3 Å². The lowest BCUT2D eigenvalue weighted by Crippen LogP contribution is -2.53. The number of benzene rings is 1. The van der Waals surface area contributed by atoms with Crippen LogP contribution in [0.3, 0.4) is 0 Å². The number of amides is 1. The average molecular weight is 458 g/mol. The number of piperidine rings is 1. The Morgan fingerprint density at radius 1 is 1.18 bits per heavy atom. The van der Waals surface area contributed by atoms with E-state index in [-0.39, 0.29) is 17.8 Å². The van der Waals surface area contributed by atoms with Crippen LogP contribution < -0.4 is 14.8 Å². The highest BCUT2D eigenvalue weighted by Gasteiger charge is 2.51. The summed E-state index contributed by atoms with van der Waals surface area (Å²) in [6.07, 6.45) is 1.84. The number of allylic oxidation sites excluding steroid dienone is 1. The number of nitrogens with one attached hydrogen (secondary N) is 1. The van der Waals surface area contributed by atoms with E-state index in [0.717, 1.165) is 25.9 Å². The SMILES string of the molecule is COc1cc(C(=O)N2C3=C(CN2C(C)(C)C)OC2(CCNCC2)CC3=O)ccc1OC(C)C. The molecule has 0 atom stereocenters. The number of ketones is 1. The monoisotopic (exact) mass is 457 g/mol. The van der Waals surface area contributed by atoms with Crippen molar-refractivity contribution in [3.05, 3.63) is 35.2 Å². The van der Waals surface area contributed by atoms with Crippen LogP contribution in [0.15, 0.2) is 29.7 Å². The van der Waals surface area contributed by atoms with Crippen molar-refractivity contribution in [2.24, 2.45) is 0 Å². The second-order valence-electron chi connectivity index (χ2n) is 10.3. The van der Waals surface area contributed by atoms with Crippen LogP contribution in [0.2, 0.25) is 0 Å². The van der Waals surface area contributed by atoms with Gasteiger partial charge in [-0.25, -0.2) is 10.0 Å². The normalized spacial score (nSPS) is 20.8. The Kier molecular flexibility index (Phi) is 6.18. The summed E-state index contributed by atoms with van der Waals surface area (Å²) < 4.78 is 17.8. The molecule has 0 unspecified atom stereocenters. The quantitative estimate of drug-likeness (QED) is 0.743. The van der Waals surface area contributed by atoms with Crippen molar-refractivity contribution in [3.8, 4) is 11.5 Å². The fraction of sp³-hybridized carbons (Fsp3) is 0.600. The highest BCUT2D eigenvalue weighted by molar-refractivity contribution is 6.05. The van der Waals surface area contributed by atoms with Crippen molar-refractivity contribution in [1.29, 1.82) is 0 Å². The molecule has 1 aromatic rings. The molecule has 0 aliphatic carbocycles. The standard InChI is InChI=1S/C25H35N3O5/c1-16(2)32-19-8-7-17(13-20(19)31-6)23(30)28-22-18(29)14-25(9-11-26-12-10-25)33-21(22)15-27(28)24(3,4)5/h7-8,13,16,26H,9-12,14-15H2,1-6H3. The molecule has 3 aliphatic heterocycles. The van der Waals surface area contributed by atoms with Gasteiger partial charge in [-0.2, -0.15) is 0 Å². The molecule has 1 fully saturated rings. The maximum absolute atomic E-state index is 13.8. The summed E-state index contributed by atoms with van der Waals surface area (Å²) in [4.78, 5) is 27.3. The van der Waals surface area contributed by atoms with Crippen LogP contribution in [0, 0.1) is 0 Å². The lowest BCUT2D eigenvalue weighted by Gasteiger charge is -2.41. The second kappa shape index (κ2) is 8.65. The van der Waals surface area contributed by atoms with Gasteiger partial charge in [-0.3, -0.25) is 9.59 Å². The number of Topliss-reactive ketones (excluding diaryl/α,β-unsaturated/α-hetero) is 1. The van der Waals surface area contributed by atoms with Crippen LogP contribution in [-0.2, 0) is 9.53 Å². The van der Waals surface area contributed by atoms with Gasteiger partial charge >= 0.3 is 0 Å². The Morgan fingerprint density at radius 3 is 2.48 bits per heavy atom. The molecule has 8 heteroatoms. The molecule has 1 amide bonds. The molecule has 1 saturated heterocycles. The average Bonchev–Trinajstić information content (AvgIpc) is 3.13. The van der Waals surface area contributed by atoms with E-state index in [4.69, 9.17) is 14.2 Å². The van der Waals surface area contributed by atoms with Gasteiger partial charge in [0.2, 0.25) is 0 Å². The van der Waals surface area contributed by atoms with Gasteiger partial charge in [0.15, 0.2) is 17.3 Å². The molecule has 1 aromatic carbocycles. The van der Waals surface area contributed by atoms with Crippen molar-refractivity contribution in [2.75, 3.05) is 26.7 Å². The first-order valence-electron chi connectivity index (χ1n) is 11.7. The fourth-order valence-electron chi connectivity index (χ4n) is 4.73. The van der Waals surface area contributed by atoms with E-state index in [1.807, 2.05) is 39.6 Å². The van der Waals surface area contributed by atoms with Crippen molar-refractivity contribution in [1.82, 2.24) is 15.3 Å². The maximum Gasteiger partial charge on any atom is 0.273 e. The predicted octanol–water partition coefficient (Wildman–Crippen LogP) is 3.28. The molecule has 0 bridgehead atoms. The van der Waals surface area contributed by atoms with Gasteiger partial charge in [0.05, 0.1) is 26.2 Å². The van der Waals surface area contributed by atoms with E-state index in [2.05, 4.69) is 5.32 Å². The number of ether oxygens (including phenoxy) is 3. The first kappa shape index (κ1) is 23.6. The van der Waals surface area contributed by atoms with Gasteiger partial charge in [-0.15, -0.1) is 0 Å². The Labute approximate surface area is 195 Å². The lowest BCUT2D eigenvalue weighted by molar-refractivity contribution is -0.129. The van der Waals surface area contributed by atoms with Crippen LogP contribution in [0.25, 0.3) is 0 Å². The van der Waals surface area contributed by atoms with Crippen molar-refractivity contribution >= 4 is 11.7 Å². The van der Waals surface area contributed by atoms with Gasteiger partial charge in [-0.05, 0) is 65.9 Å². The first-order valence-corrected chi connectivity index (χ1v) is 11.7. The van der Waals surface area contributed by atoms with E-state index in [0.29, 0.717) is 41.5 Å². The lowest BCUT2D eigenvalue weighted by atomic mass is 9.84. The third-order valence-electron chi connectivity index (χ3n) is 6.35. The highest BCUT2D eigenvalue weighted by atomic mass is 16.5. The Bertz CT molecular complexity index is 973. The third-order valence-corrected chi connectivity index (χ3v) is 6.35. The van der Waals surface area contributed by atoms with Crippen LogP contribution >= 0.6 is 0 Å². The summed E-state index contributed by atoms with van der Waals surface area (Å²) in [5.74, 6) is 1.32. The summed E-state index contributed by atoms with van der Waals surface area (Å²) in [6, 6.07) is 5.12. The number of hydrogen-bond acceptors (Lipinski definition) is 7. The first-order chi connectivity index (χ1) is 15.5. The van der Waals surface area contributed by atoms with E-state index in [9.17, 15) is 9.59 Å². The molecule has 0 aromatic heterocycles. The van der Waals surface area contributed by atoms with Gasteiger partial charge in [0, 0.05) is 23.9 Å². The van der Waals surface area contributed by atoms with Crippen LogP contribution in [0.1, 0.15) is 64.2 Å². The minimum atomic E-state index is -0.469. The summed E-state index contributed by atoms with van der Waals surface area (Å²) in [6.45, 7) is 12.0. The molecule has 4 rings (SSSR count). The summed E-state index contributed by atoms with van der Waals surface area (Å²) in [5.41, 5.74) is -0.0904. The zero-order valence-electron chi connectivity index (χ0n) is 20.5. The molecule has 1 spiro atoms. The minimum Gasteiger partial charge on any atom is -0.493 e. The van der Waals surface area contributed by atoms with Crippen molar-refractivity contribution in [3.63, 3.8) is 0 Å². The number of hydrogen-bond donors (Lipinski definition) is 1. The number of carbonyl (C=O) groups is 2. The van der Waals surface area contributed by atoms with Gasteiger partial charge < -0.3 is 19.5 Å². The molecule has 0 radical (unpaired) electrons. The maximum atomic E-state index is 13.8. The molecular formula is C25H35N3O5. The molecule has 8 nitrogen and oxygen atoms in total. The predicted molar refractivity (Wildman–Crippen MR) is 124 cm³/mol. The van der Waals surface area contributed by atoms with Gasteiger partial charge in [0.1, 0.15) is 17.1 Å². The van der Waals surface area contributed by atoms with E-state index in [1.165, 1.54) is 5.01 Å². The molecule has 180 valence electrons. The Morgan fingerprint density at radius 2 is 1.88 bits per heavy atom. The van der Waals surface area contributed by atoms with Gasteiger partial charge in [0.25, 0.3) is 5.91 Å². The van der Waals surface area contributed by atoms with E-state index >= 15 is 0 Å². The van der Waals surface area contributed by atoms with Gasteiger partial charge in [-0.1, -0.05) is 0 Å². The van der Waals surface area contributed by atoms with E-state index < -0.39 is 11.1 Å². The van der Waals surface area contributed by atoms with Crippen molar-refractivity contribution in [2.45, 2.75) is 71.1 Å². The molecule has 3 heterocycles. The molecule has 3 aliphatic rings. The molecular weight excluding hydrogens is 422 g/mol. The number of hydrazine groups is 1. The van der Waals surface area contributed by atoms with E-state index in [1.54, 1.807) is 25.3 Å². The summed E-state index contributed by atoms with van der Waals surface area (Å²) in [7, 11) is 1.55. The van der Waals surface area contributed by atoms with Crippen LogP contribution in [0.4, 0.5) is 0 Å². The highest BCUT2D eigenvalue weighted by Crippen LogP contribution is 2.43. The molecule has 0 saturated carbocycles. The van der Waals surface area contributed by atoms with Crippen LogP contribution in [-0.4, -0.2) is 65.7 Å². The number of nitrogens with zero attached hydrogens (tertiary/aromatic N) is 2. The van der Waals surface area contributed by atoms with Crippen LogP contribution in [0.5, 0.6) is 11.5 Å². The molecule has 33 heavy (non-hydrogen) atoms. The summed E-state index contributed by atoms with van der Waals surface area (Å²) in [5, 5.41) is 6.77. The smallest absolute Gasteiger partial charge is 0.273 e. The summed E-state index contributed by atoms with van der Waals surface area (Å²) >= 11 is 0. The molecule has 1 N–H and O–H groups in total. The Hall–Kier alpha value is -2.58. The zero-order chi connectivity index (χ0) is 24.0. The zero-order valence-corrected chi connectivity index (χ0v) is 20.5. The number of methoxy groups -OCH3 is 1. The Balaban J connectivity index is 1.71. The fourth-order valence-corrected chi connectivity index (χ4v) is 4.73.